The van der Waals surface area contributed by atoms with Crippen LogP contribution in [0, 0.1) is 0 Å². The summed E-state index contributed by atoms with van der Waals surface area (Å²) < 4.78 is 1.46. The lowest BCUT2D eigenvalue weighted by molar-refractivity contribution is 0.706. The van der Waals surface area contributed by atoms with Crippen molar-refractivity contribution in [3.63, 3.8) is 0 Å². The van der Waals surface area contributed by atoms with Gasteiger partial charge in [-0.3, -0.25) is 0 Å². The molecule has 17 heavy (non-hydrogen) atoms. The summed E-state index contributed by atoms with van der Waals surface area (Å²) in [7, 11) is 0. The molecule has 0 bridgehead atoms. The highest BCUT2D eigenvalue weighted by atomic mass is 32.2. The number of thiophene rings is 2. The molecular weight excluding hydrogens is 264 g/mol. The third-order valence-corrected chi connectivity index (χ3v) is 6.05. The molecule has 0 radical (unpaired) electrons. The summed E-state index contributed by atoms with van der Waals surface area (Å²) in [6.45, 7) is 2.26. The van der Waals surface area contributed by atoms with E-state index in [4.69, 9.17) is 0 Å². The molecule has 2 aromatic heterocycles. The number of hydrogen-bond donors (Lipinski definition) is 0. The molecule has 0 N–H and O–H groups in total. The van der Waals surface area contributed by atoms with Gasteiger partial charge in [0.25, 0.3) is 0 Å². The normalized spacial score (nSPS) is 10.9. The van der Waals surface area contributed by atoms with E-state index in [1.807, 2.05) is 34.4 Å². The van der Waals surface area contributed by atoms with Crippen LogP contribution in [0.2, 0.25) is 0 Å². The maximum atomic E-state index is 2.27. The van der Waals surface area contributed by atoms with Crippen molar-refractivity contribution in [2.45, 2.75) is 36.8 Å². The van der Waals surface area contributed by atoms with E-state index < -0.39 is 0 Å². The van der Waals surface area contributed by atoms with Gasteiger partial charge >= 0.3 is 0 Å². The Kier molecular flexibility index (Phi) is 5.62. The van der Waals surface area contributed by atoms with Crippen molar-refractivity contribution in [1.82, 2.24) is 0 Å². The zero-order valence-corrected chi connectivity index (χ0v) is 12.6. The van der Waals surface area contributed by atoms with Gasteiger partial charge in [-0.05, 0) is 35.8 Å². The van der Waals surface area contributed by atoms with Crippen LogP contribution < -0.4 is 0 Å². The highest BCUT2D eigenvalue weighted by molar-refractivity contribution is 8.01. The maximum Gasteiger partial charge on any atom is 0.0605 e. The van der Waals surface area contributed by atoms with E-state index >= 15 is 0 Å². The summed E-state index contributed by atoms with van der Waals surface area (Å²) >= 11 is 5.77. The predicted molar refractivity (Wildman–Crippen MR) is 82.5 cm³/mol. The molecule has 0 unspecified atom stereocenters. The van der Waals surface area contributed by atoms with Crippen LogP contribution in [0.25, 0.3) is 9.75 Å². The van der Waals surface area contributed by atoms with Gasteiger partial charge < -0.3 is 0 Å². The first-order valence-corrected chi connectivity index (χ1v) is 8.85. The third kappa shape index (κ3) is 4.16. The summed E-state index contributed by atoms with van der Waals surface area (Å²) in [6, 6.07) is 8.85. The van der Waals surface area contributed by atoms with Crippen molar-refractivity contribution < 1.29 is 0 Å². The fourth-order valence-corrected chi connectivity index (χ4v) is 4.69. The fourth-order valence-electron chi connectivity index (χ4n) is 1.65. The molecule has 3 heteroatoms. The summed E-state index contributed by atoms with van der Waals surface area (Å²) in [4.78, 5) is 2.81. The lowest BCUT2D eigenvalue weighted by Gasteiger charge is -1.97. The van der Waals surface area contributed by atoms with Crippen LogP contribution >= 0.6 is 34.4 Å². The summed E-state index contributed by atoms with van der Waals surface area (Å²) in [5, 5.41) is 2.15. The minimum Gasteiger partial charge on any atom is -0.143 e. The van der Waals surface area contributed by atoms with Crippen molar-refractivity contribution in [2.75, 3.05) is 5.75 Å². The SMILES string of the molecule is CCCCCCSc1ccc(-c2cccs2)s1. The van der Waals surface area contributed by atoms with Gasteiger partial charge in [0, 0.05) is 9.75 Å². The van der Waals surface area contributed by atoms with Crippen molar-refractivity contribution in [2.24, 2.45) is 0 Å². The monoisotopic (exact) mass is 282 g/mol. The average Bonchev–Trinajstić information content (AvgIpc) is 2.99. The molecule has 2 heterocycles. The first kappa shape index (κ1) is 13.2. The molecule has 0 aliphatic rings. The van der Waals surface area contributed by atoms with Gasteiger partial charge in [-0.15, -0.1) is 34.4 Å². The van der Waals surface area contributed by atoms with Crippen LogP contribution in [0.15, 0.2) is 33.9 Å². The minimum atomic E-state index is 1.27. The van der Waals surface area contributed by atoms with Crippen LogP contribution in [0.3, 0.4) is 0 Å². The maximum absolute atomic E-state index is 2.27. The first-order chi connectivity index (χ1) is 8.40. The zero-order chi connectivity index (χ0) is 11.9. The smallest absolute Gasteiger partial charge is 0.0605 e. The third-order valence-electron chi connectivity index (χ3n) is 2.59. The molecule has 0 atom stereocenters. The molecule has 2 aromatic rings. The van der Waals surface area contributed by atoms with E-state index in [1.54, 1.807) is 0 Å². The van der Waals surface area contributed by atoms with Crippen molar-refractivity contribution in [1.29, 1.82) is 0 Å². The van der Waals surface area contributed by atoms with Gasteiger partial charge in [-0.2, -0.15) is 0 Å². The van der Waals surface area contributed by atoms with E-state index in [-0.39, 0.29) is 0 Å². The molecule has 0 amide bonds. The molecule has 0 saturated carbocycles. The van der Waals surface area contributed by atoms with Crippen LogP contribution in [0.4, 0.5) is 0 Å². The van der Waals surface area contributed by atoms with Crippen LogP contribution in [0.1, 0.15) is 32.6 Å². The van der Waals surface area contributed by atoms with E-state index in [9.17, 15) is 0 Å². The van der Waals surface area contributed by atoms with Gasteiger partial charge in [-0.1, -0.05) is 32.3 Å². The molecule has 0 saturated heterocycles. The van der Waals surface area contributed by atoms with E-state index in [1.165, 1.54) is 45.4 Å². The summed E-state index contributed by atoms with van der Waals surface area (Å²) in [6.07, 6.45) is 5.44. The molecule has 0 aromatic carbocycles. The van der Waals surface area contributed by atoms with Crippen molar-refractivity contribution in [3.8, 4) is 9.75 Å². The summed E-state index contributed by atoms with van der Waals surface area (Å²) in [5.74, 6) is 1.27. The largest absolute Gasteiger partial charge is 0.143 e. The number of unbranched alkanes of at least 4 members (excludes halogenated alkanes) is 3. The lowest BCUT2D eigenvalue weighted by atomic mass is 10.2. The molecule has 92 valence electrons. The Hall–Kier alpha value is -0.250. The van der Waals surface area contributed by atoms with Gasteiger partial charge in [0.15, 0.2) is 0 Å². The zero-order valence-electron chi connectivity index (χ0n) is 10.1. The Morgan fingerprint density at radius 3 is 2.76 bits per heavy atom. The molecule has 0 aliphatic heterocycles. The molecule has 0 nitrogen and oxygen atoms in total. The number of hydrogen-bond acceptors (Lipinski definition) is 3. The Labute approximate surface area is 116 Å². The Bertz CT molecular complexity index is 414. The van der Waals surface area contributed by atoms with Gasteiger partial charge in [0.05, 0.1) is 4.21 Å². The van der Waals surface area contributed by atoms with Crippen molar-refractivity contribution >= 4 is 34.4 Å². The second-order valence-electron chi connectivity index (χ2n) is 4.01. The second-order valence-corrected chi connectivity index (χ2v) is 7.43. The Morgan fingerprint density at radius 1 is 1.06 bits per heavy atom. The fraction of sp³-hybridized carbons (Fsp3) is 0.429. The quantitative estimate of drug-likeness (QED) is 0.433. The predicted octanol–water partition coefficient (Wildman–Crippen LogP) is 6.15. The highest BCUT2D eigenvalue weighted by Crippen LogP contribution is 2.36. The van der Waals surface area contributed by atoms with Crippen LogP contribution in [-0.2, 0) is 0 Å². The van der Waals surface area contributed by atoms with Gasteiger partial charge in [0.1, 0.15) is 0 Å². The van der Waals surface area contributed by atoms with Crippen molar-refractivity contribution in [3.05, 3.63) is 29.6 Å². The Morgan fingerprint density at radius 2 is 2.00 bits per heavy atom. The minimum absolute atomic E-state index is 1.27. The standard InChI is InChI=1S/C14H18S3/c1-2-3-4-5-10-16-14-9-8-13(17-14)12-7-6-11-15-12/h6-9,11H,2-5,10H2,1H3. The molecule has 2 rings (SSSR count). The van der Waals surface area contributed by atoms with Crippen LogP contribution in [-0.4, -0.2) is 5.75 Å². The molecule has 0 spiro atoms. The van der Waals surface area contributed by atoms with E-state index in [0.717, 1.165) is 0 Å². The average molecular weight is 282 g/mol. The highest BCUT2D eigenvalue weighted by Gasteiger charge is 2.03. The second kappa shape index (κ2) is 7.24. The van der Waals surface area contributed by atoms with E-state index in [2.05, 4.69) is 36.6 Å². The number of thioether (sulfide) groups is 1. The topological polar surface area (TPSA) is 0 Å². The number of rotatable bonds is 7. The Balaban J connectivity index is 1.79. The van der Waals surface area contributed by atoms with Crippen LogP contribution in [0.5, 0.6) is 0 Å². The van der Waals surface area contributed by atoms with Gasteiger partial charge in [0.2, 0.25) is 0 Å². The molecular formula is C14H18S3. The molecule has 0 aliphatic carbocycles. The lowest BCUT2D eigenvalue weighted by Crippen LogP contribution is -1.78. The van der Waals surface area contributed by atoms with Gasteiger partial charge in [-0.25, -0.2) is 0 Å². The molecule has 0 fully saturated rings. The van der Waals surface area contributed by atoms with E-state index in [0.29, 0.717) is 0 Å². The first-order valence-electron chi connectivity index (χ1n) is 6.16. The summed E-state index contributed by atoms with van der Waals surface area (Å²) in [5.41, 5.74) is 0.